The van der Waals surface area contributed by atoms with Gasteiger partial charge in [0.15, 0.2) is 11.5 Å². The molecule has 0 spiro atoms. The molecule has 3 rings (SSSR count). The molecule has 30 heavy (non-hydrogen) atoms. The van der Waals surface area contributed by atoms with Crippen molar-refractivity contribution >= 4 is 23.7 Å². The summed E-state index contributed by atoms with van der Waals surface area (Å²) in [6.45, 7) is 5.48. The number of hydrazone groups is 1. The normalized spacial score (nSPS) is 14.6. The molecule has 1 amide bonds. The lowest BCUT2D eigenvalue weighted by atomic mass is 10.1. The van der Waals surface area contributed by atoms with E-state index < -0.39 is 0 Å². The van der Waals surface area contributed by atoms with Crippen molar-refractivity contribution in [3.63, 3.8) is 0 Å². The zero-order chi connectivity index (χ0) is 21.3. The first-order chi connectivity index (χ1) is 14.5. The van der Waals surface area contributed by atoms with Gasteiger partial charge in [-0.05, 0) is 30.2 Å². The maximum Gasteiger partial charge on any atom is 0.254 e. The van der Waals surface area contributed by atoms with Crippen LogP contribution < -0.4 is 14.9 Å². The Morgan fingerprint density at radius 2 is 2.00 bits per heavy atom. The highest BCUT2D eigenvalue weighted by molar-refractivity contribution is 6.32. The van der Waals surface area contributed by atoms with Gasteiger partial charge in [-0.1, -0.05) is 41.4 Å². The third kappa shape index (κ3) is 6.45. The molecule has 1 heterocycles. The van der Waals surface area contributed by atoms with Crippen LogP contribution in [0.15, 0.2) is 41.5 Å². The standard InChI is InChI=1S/C22H26ClN3O4/c1-16-3-5-17(6-4-16)15-30-22-19(23)11-18(12-20(22)28-2)13-24-25-21(27)14-26-7-9-29-10-8-26/h3-6,11-13H,7-10,14-15H2,1-2H3,(H,25,27)/b24-13+. The van der Waals surface area contributed by atoms with Crippen molar-refractivity contribution in [1.82, 2.24) is 10.3 Å². The lowest BCUT2D eigenvalue weighted by molar-refractivity contribution is -0.123. The Hall–Kier alpha value is -2.61. The van der Waals surface area contributed by atoms with E-state index in [0.717, 1.165) is 18.7 Å². The van der Waals surface area contributed by atoms with Crippen LogP contribution in [0.5, 0.6) is 11.5 Å². The Morgan fingerprint density at radius 3 is 2.70 bits per heavy atom. The SMILES string of the molecule is COc1cc(/C=N/NC(=O)CN2CCOCC2)cc(Cl)c1OCc1ccc(C)cc1. The number of rotatable bonds is 8. The van der Waals surface area contributed by atoms with E-state index in [0.29, 0.717) is 41.9 Å². The van der Waals surface area contributed by atoms with Gasteiger partial charge in [-0.2, -0.15) is 5.10 Å². The summed E-state index contributed by atoms with van der Waals surface area (Å²) in [4.78, 5) is 14.0. The van der Waals surface area contributed by atoms with Gasteiger partial charge in [0.25, 0.3) is 5.91 Å². The number of aryl methyl sites for hydroxylation is 1. The topological polar surface area (TPSA) is 72.4 Å². The quantitative estimate of drug-likeness (QED) is 0.514. The molecule has 0 bridgehead atoms. The lowest BCUT2D eigenvalue weighted by Crippen LogP contribution is -2.42. The first-order valence-corrected chi connectivity index (χ1v) is 10.1. The zero-order valence-corrected chi connectivity index (χ0v) is 17.9. The van der Waals surface area contributed by atoms with Crippen LogP contribution in [0.25, 0.3) is 0 Å². The van der Waals surface area contributed by atoms with Gasteiger partial charge in [0.05, 0.1) is 38.1 Å². The maximum absolute atomic E-state index is 12.0. The highest BCUT2D eigenvalue weighted by Gasteiger charge is 2.14. The summed E-state index contributed by atoms with van der Waals surface area (Å²) in [5.74, 6) is 0.785. The van der Waals surface area contributed by atoms with Crippen LogP contribution in [0.4, 0.5) is 0 Å². The van der Waals surface area contributed by atoms with E-state index in [1.165, 1.54) is 11.8 Å². The number of halogens is 1. The van der Waals surface area contributed by atoms with E-state index in [1.807, 2.05) is 36.1 Å². The third-order valence-corrected chi connectivity index (χ3v) is 4.91. The van der Waals surface area contributed by atoms with Crippen LogP contribution in [-0.4, -0.2) is 57.0 Å². The summed E-state index contributed by atoms with van der Waals surface area (Å²) >= 11 is 6.40. The second-order valence-corrected chi connectivity index (χ2v) is 7.40. The van der Waals surface area contributed by atoms with Gasteiger partial charge in [0.1, 0.15) is 6.61 Å². The fourth-order valence-electron chi connectivity index (χ4n) is 2.97. The number of amides is 1. The monoisotopic (exact) mass is 431 g/mol. The highest BCUT2D eigenvalue weighted by atomic mass is 35.5. The molecule has 0 aromatic heterocycles. The van der Waals surface area contributed by atoms with E-state index in [-0.39, 0.29) is 12.5 Å². The third-order valence-electron chi connectivity index (χ3n) is 4.63. The maximum atomic E-state index is 12.0. The van der Waals surface area contributed by atoms with Gasteiger partial charge in [0.2, 0.25) is 0 Å². The van der Waals surface area contributed by atoms with E-state index in [2.05, 4.69) is 10.5 Å². The van der Waals surface area contributed by atoms with Crippen molar-refractivity contribution < 1.29 is 19.0 Å². The van der Waals surface area contributed by atoms with E-state index in [9.17, 15) is 4.79 Å². The molecule has 0 atom stereocenters. The van der Waals surface area contributed by atoms with Gasteiger partial charge in [-0.25, -0.2) is 5.43 Å². The van der Waals surface area contributed by atoms with Crippen molar-refractivity contribution in [3.05, 3.63) is 58.1 Å². The van der Waals surface area contributed by atoms with Gasteiger partial charge in [-0.3, -0.25) is 9.69 Å². The fraction of sp³-hybridized carbons (Fsp3) is 0.364. The molecule has 8 heteroatoms. The average Bonchev–Trinajstić information content (AvgIpc) is 2.74. The van der Waals surface area contributed by atoms with Crippen molar-refractivity contribution in [2.75, 3.05) is 40.0 Å². The predicted octanol–water partition coefficient (Wildman–Crippen LogP) is 3.02. The molecule has 0 unspecified atom stereocenters. The number of nitrogens with one attached hydrogen (secondary N) is 1. The zero-order valence-electron chi connectivity index (χ0n) is 17.2. The van der Waals surface area contributed by atoms with Gasteiger partial charge >= 0.3 is 0 Å². The minimum Gasteiger partial charge on any atom is -0.493 e. The molecule has 2 aromatic carbocycles. The van der Waals surface area contributed by atoms with E-state index >= 15 is 0 Å². The molecule has 0 saturated carbocycles. The van der Waals surface area contributed by atoms with Crippen molar-refractivity contribution in [3.8, 4) is 11.5 Å². The summed E-state index contributed by atoms with van der Waals surface area (Å²) in [6, 6.07) is 11.6. The molecule has 1 aliphatic heterocycles. The van der Waals surface area contributed by atoms with Crippen LogP contribution in [0.2, 0.25) is 5.02 Å². The van der Waals surface area contributed by atoms with Crippen LogP contribution in [-0.2, 0) is 16.1 Å². The molecule has 2 aromatic rings. The van der Waals surface area contributed by atoms with Crippen LogP contribution in [0.1, 0.15) is 16.7 Å². The second-order valence-electron chi connectivity index (χ2n) is 6.99. The largest absolute Gasteiger partial charge is 0.493 e. The van der Waals surface area contributed by atoms with Gasteiger partial charge in [-0.15, -0.1) is 0 Å². The first kappa shape index (κ1) is 22.1. The number of benzene rings is 2. The summed E-state index contributed by atoms with van der Waals surface area (Å²) in [7, 11) is 1.55. The molecule has 0 radical (unpaired) electrons. The Bertz CT molecular complexity index is 881. The molecule has 1 fully saturated rings. The number of hydrogen-bond donors (Lipinski definition) is 1. The number of carbonyl (C=O) groups excluding carboxylic acids is 1. The average molecular weight is 432 g/mol. The van der Waals surface area contributed by atoms with Gasteiger partial charge < -0.3 is 14.2 Å². The summed E-state index contributed by atoms with van der Waals surface area (Å²) in [5, 5.41) is 4.42. The molecular weight excluding hydrogens is 406 g/mol. The first-order valence-electron chi connectivity index (χ1n) is 9.73. The fourth-order valence-corrected chi connectivity index (χ4v) is 3.24. The molecule has 1 saturated heterocycles. The molecule has 7 nitrogen and oxygen atoms in total. The van der Waals surface area contributed by atoms with Crippen LogP contribution >= 0.6 is 11.6 Å². The smallest absolute Gasteiger partial charge is 0.254 e. The van der Waals surface area contributed by atoms with Crippen molar-refractivity contribution in [1.29, 1.82) is 0 Å². The molecule has 1 aliphatic rings. The molecule has 1 N–H and O–H groups in total. The summed E-state index contributed by atoms with van der Waals surface area (Å²) in [6.07, 6.45) is 1.52. The Kier molecular flexibility index (Phi) is 8.07. The molecular formula is C22H26ClN3O4. The second kappa shape index (κ2) is 11.0. The van der Waals surface area contributed by atoms with Crippen molar-refractivity contribution in [2.24, 2.45) is 5.10 Å². The Labute approximate surface area is 181 Å². The van der Waals surface area contributed by atoms with Crippen LogP contribution in [0, 0.1) is 6.92 Å². The number of methoxy groups -OCH3 is 1. The van der Waals surface area contributed by atoms with E-state index in [1.54, 1.807) is 19.2 Å². The lowest BCUT2D eigenvalue weighted by Gasteiger charge is -2.25. The predicted molar refractivity (Wildman–Crippen MR) is 117 cm³/mol. The Morgan fingerprint density at radius 1 is 1.27 bits per heavy atom. The minimum absolute atomic E-state index is 0.177. The summed E-state index contributed by atoms with van der Waals surface area (Å²) < 4.78 is 16.6. The molecule has 0 aliphatic carbocycles. The summed E-state index contributed by atoms with van der Waals surface area (Å²) in [5.41, 5.74) is 5.44. The minimum atomic E-state index is -0.177. The number of hydrogen-bond acceptors (Lipinski definition) is 6. The van der Waals surface area contributed by atoms with Gasteiger partial charge in [0, 0.05) is 13.1 Å². The number of carbonyl (C=O) groups is 1. The number of morpholine rings is 1. The van der Waals surface area contributed by atoms with Crippen molar-refractivity contribution in [2.45, 2.75) is 13.5 Å². The Balaban J connectivity index is 1.59. The highest BCUT2D eigenvalue weighted by Crippen LogP contribution is 2.36. The van der Waals surface area contributed by atoms with E-state index in [4.69, 9.17) is 25.8 Å². The number of nitrogens with zero attached hydrogens (tertiary/aromatic N) is 2. The van der Waals surface area contributed by atoms with Crippen LogP contribution in [0.3, 0.4) is 0 Å². The molecule has 160 valence electrons. The number of ether oxygens (including phenoxy) is 3.